The van der Waals surface area contributed by atoms with E-state index in [1.54, 1.807) is 38.5 Å². The highest BCUT2D eigenvalue weighted by molar-refractivity contribution is 6.15. The van der Waals surface area contributed by atoms with Gasteiger partial charge in [-0.1, -0.05) is 17.9 Å². The van der Waals surface area contributed by atoms with Crippen molar-refractivity contribution in [2.45, 2.75) is 32.2 Å². The molecule has 0 aliphatic carbocycles. The van der Waals surface area contributed by atoms with Crippen LogP contribution in [-0.2, 0) is 6.54 Å². The summed E-state index contributed by atoms with van der Waals surface area (Å²) in [6.45, 7) is 2.69. The number of methoxy groups -OCH3 is 2. The van der Waals surface area contributed by atoms with Gasteiger partial charge in [0.1, 0.15) is 12.3 Å². The van der Waals surface area contributed by atoms with Crippen LogP contribution in [0.2, 0.25) is 0 Å². The third-order valence-electron chi connectivity index (χ3n) is 5.84. The molecule has 2 aliphatic rings. The van der Waals surface area contributed by atoms with Crippen LogP contribution in [0.5, 0.6) is 23.0 Å². The van der Waals surface area contributed by atoms with Gasteiger partial charge in [0.2, 0.25) is 5.78 Å². The molecule has 1 fully saturated rings. The molecule has 158 valence electrons. The Labute approximate surface area is 176 Å². The standard InChI is InChI=1S/C24H27NO5/c1-28-20-10-7-16(13-21(20)29-2)14-22-23(27)17-8-9-19(26)18(24(17)30-22)15-25-11-5-3-4-6-12-25/h7-10,13-14,26H,3-6,11-12,15H2,1-2H3. The Morgan fingerprint density at radius 3 is 2.47 bits per heavy atom. The molecule has 1 N–H and O–H groups in total. The number of allylic oxidation sites excluding steroid dienone is 1. The molecule has 0 spiro atoms. The van der Waals surface area contributed by atoms with E-state index in [-0.39, 0.29) is 17.3 Å². The predicted molar refractivity (Wildman–Crippen MR) is 111 cm³/mol. The Kier molecular flexibility index (Phi) is 5.95. The summed E-state index contributed by atoms with van der Waals surface area (Å²) in [5.74, 6) is 1.56. The van der Waals surface area contributed by atoms with E-state index in [0.717, 1.165) is 18.7 Å². The van der Waals surface area contributed by atoms with E-state index in [2.05, 4.69) is 0 Å². The fraction of sp³-hybridized carbons (Fsp3) is 0.375. The molecular formula is C24H27NO5. The normalized spacial score (nSPS) is 18.1. The van der Waals surface area contributed by atoms with Gasteiger partial charge in [0, 0.05) is 5.56 Å². The van der Waals surface area contributed by atoms with Gasteiger partial charge in [-0.15, -0.1) is 0 Å². The molecule has 0 saturated carbocycles. The van der Waals surface area contributed by atoms with Crippen LogP contribution in [0.3, 0.4) is 0 Å². The van der Waals surface area contributed by atoms with Crippen molar-refractivity contribution in [3.05, 3.63) is 52.8 Å². The SMILES string of the molecule is COc1ccc(C=C2Oc3c(ccc([O-])c3C[NH+]3CCCCCC3)C2=O)cc1OC. The Hall–Kier alpha value is -2.99. The smallest absolute Gasteiger partial charge is 0.231 e. The number of Topliss-reactive ketones (excluding diaryl/α,β-unsaturated/α-hetero) is 1. The van der Waals surface area contributed by atoms with Crippen LogP contribution < -0.4 is 24.2 Å². The van der Waals surface area contributed by atoms with Crippen molar-refractivity contribution in [2.24, 2.45) is 0 Å². The van der Waals surface area contributed by atoms with Gasteiger partial charge in [0.05, 0.1) is 32.9 Å². The van der Waals surface area contributed by atoms with Crippen molar-refractivity contribution in [2.75, 3.05) is 27.3 Å². The van der Waals surface area contributed by atoms with Crippen LogP contribution in [0.4, 0.5) is 0 Å². The third kappa shape index (κ3) is 4.00. The maximum atomic E-state index is 12.9. The predicted octanol–water partition coefficient (Wildman–Crippen LogP) is 2.35. The van der Waals surface area contributed by atoms with Crippen LogP contribution in [0.25, 0.3) is 6.08 Å². The fourth-order valence-electron chi connectivity index (χ4n) is 4.21. The molecule has 2 aromatic carbocycles. The minimum absolute atomic E-state index is 0.0642. The van der Waals surface area contributed by atoms with Crippen molar-refractivity contribution in [1.29, 1.82) is 0 Å². The number of likely N-dealkylation sites (tertiary alicyclic amines) is 1. The minimum atomic E-state index is -0.202. The second kappa shape index (κ2) is 8.79. The highest BCUT2D eigenvalue weighted by Gasteiger charge is 2.31. The Morgan fingerprint density at radius 1 is 1.03 bits per heavy atom. The first kappa shape index (κ1) is 20.3. The molecule has 0 amide bonds. The summed E-state index contributed by atoms with van der Waals surface area (Å²) in [5.41, 5.74) is 1.82. The number of carbonyl (C=O) groups excluding carboxylic acids is 1. The number of carbonyl (C=O) groups is 1. The number of ketones is 1. The monoisotopic (exact) mass is 409 g/mol. The summed E-state index contributed by atoms with van der Waals surface area (Å²) in [7, 11) is 3.14. The van der Waals surface area contributed by atoms with Crippen LogP contribution in [-0.4, -0.2) is 33.1 Å². The van der Waals surface area contributed by atoms with Crippen molar-refractivity contribution < 1.29 is 29.0 Å². The van der Waals surface area contributed by atoms with Crippen LogP contribution in [0.15, 0.2) is 36.1 Å². The number of benzene rings is 2. The summed E-state index contributed by atoms with van der Waals surface area (Å²) >= 11 is 0. The number of hydrogen-bond acceptors (Lipinski definition) is 5. The molecule has 30 heavy (non-hydrogen) atoms. The van der Waals surface area contributed by atoms with Crippen molar-refractivity contribution >= 4 is 11.9 Å². The maximum absolute atomic E-state index is 12.9. The minimum Gasteiger partial charge on any atom is -0.872 e. The summed E-state index contributed by atoms with van der Waals surface area (Å²) in [4.78, 5) is 14.3. The molecule has 6 heteroatoms. The van der Waals surface area contributed by atoms with Gasteiger partial charge in [-0.3, -0.25) is 4.79 Å². The van der Waals surface area contributed by atoms with Crippen LogP contribution in [0.1, 0.15) is 47.2 Å². The van der Waals surface area contributed by atoms with Crippen molar-refractivity contribution in [1.82, 2.24) is 0 Å². The van der Waals surface area contributed by atoms with Gasteiger partial charge in [0.25, 0.3) is 0 Å². The lowest BCUT2D eigenvalue weighted by atomic mass is 10.0. The zero-order valence-corrected chi connectivity index (χ0v) is 17.5. The second-order valence-electron chi connectivity index (χ2n) is 7.81. The maximum Gasteiger partial charge on any atom is 0.231 e. The molecule has 0 radical (unpaired) electrons. The van der Waals surface area contributed by atoms with E-state index >= 15 is 0 Å². The Morgan fingerprint density at radius 2 is 1.77 bits per heavy atom. The summed E-state index contributed by atoms with van der Waals surface area (Å²) in [6.07, 6.45) is 6.50. The molecule has 0 unspecified atom stereocenters. The van der Waals surface area contributed by atoms with Gasteiger partial charge < -0.3 is 24.2 Å². The van der Waals surface area contributed by atoms with Crippen LogP contribution >= 0.6 is 0 Å². The van der Waals surface area contributed by atoms with Crippen molar-refractivity contribution in [3.8, 4) is 23.0 Å². The first-order valence-electron chi connectivity index (χ1n) is 10.4. The molecule has 6 nitrogen and oxygen atoms in total. The lowest BCUT2D eigenvalue weighted by molar-refractivity contribution is -0.913. The number of hydrogen-bond donors (Lipinski definition) is 1. The number of fused-ring (bicyclic) bond motifs is 1. The molecule has 4 rings (SSSR count). The summed E-state index contributed by atoms with van der Waals surface area (Å²) in [5, 5.41) is 12.6. The highest BCUT2D eigenvalue weighted by atomic mass is 16.5. The average molecular weight is 409 g/mol. The molecule has 2 heterocycles. The van der Waals surface area contributed by atoms with Gasteiger partial charge in [-0.25, -0.2) is 0 Å². The molecule has 0 atom stereocenters. The second-order valence-corrected chi connectivity index (χ2v) is 7.81. The first-order valence-corrected chi connectivity index (χ1v) is 10.4. The van der Waals surface area contributed by atoms with Gasteiger partial charge >= 0.3 is 0 Å². The number of ether oxygens (including phenoxy) is 3. The van der Waals surface area contributed by atoms with Crippen LogP contribution in [0, 0.1) is 0 Å². The van der Waals surface area contributed by atoms with E-state index in [1.165, 1.54) is 36.6 Å². The van der Waals surface area contributed by atoms with Gasteiger partial charge in [0.15, 0.2) is 17.3 Å². The quantitative estimate of drug-likeness (QED) is 0.768. The van der Waals surface area contributed by atoms with E-state index < -0.39 is 0 Å². The zero-order chi connectivity index (χ0) is 21.1. The molecule has 0 aromatic heterocycles. The lowest BCUT2D eigenvalue weighted by Crippen LogP contribution is -3.10. The first-order chi connectivity index (χ1) is 14.6. The summed E-state index contributed by atoms with van der Waals surface area (Å²) in [6, 6.07) is 8.46. The van der Waals surface area contributed by atoms with E-state index in [1.807, 2.05) is 6.07 Å². The highest BCUT2D eigenvalue weighted by Crippen LogP contribution is 2.38. The van der Waals surface area contributed by atoms with E-state index in [0.29, 0.717) is 34.9 Å². The molecule has 2 aromatic rings. The van der Waals surface area contributed by atoms with E-state index in [4.69, 9.17) is 14.2 Å². The fourth-order valence-corrected chi connectivity index (χ4v) is 4.21. The van der Waals surface area contributed by atoms with Crippen molar-refractivity contribution in [3.63, 3.8) is 0 Å². The number of nitrogens with one attached hydrogen (secondary N) is 1. The van der Waals surface area contributed by atoms with E-state index in [9.17, 15) is 9.90 Å². The lowest BCUT2D eigenvalue weighted by Gasteiger charge is -2.22. The number of rotatable bonds is 5. The molecular weight excluding hydrogens is 382 g/mol. The molecule has 2 aliphatic heterocycles. The van der Waals surface area contributed by atoms with Gasteiger partial charge in [-0.05, 0) is 55.5 Å². The zero-order valence-electron chi connectivity index (χ0n) is 17.5. The third-order valence-corrected chi connectivity index (χ3v) is 5.84. The number of quaternary nitrogens is 1. The van der Waals surface area contributed by atoms with Gasteiger partial charge in [-0.2, -0.15) is 0 Å². The average Bonchev–Trinajstić information content (AvgIpc) is 2.92. The molecule has 1 saturated heterocycles. The summed E-state index contributed by atoms with van der Waals surface area (Å²) < 4.78 is 16.6. The topological polar surface area (TPSA) is 72.3 Å². The molecule has 0 bridgehead atoms. The largest absolute Gasteiger partial charge is 0.872 e. The Bertz CT molecular complexity index is 974. The Balaban J connectivity index is 1.63.